The number of phenolic OH excluding ortho intramolecular Hbond substituents is 2. The number of Topliss-reactive ketones (excluding diaryl/α,β-unsaturated/α-hetero) is 1. The Balaban J connectivity index is 0.968. The number of carbonyl (C=O) groups is 1. The molecule has 2 aliphatic rings. The van der Waals surface area contributed by atoms with Gasteiger partial charge in [0, 0.05) is 63.1 Å². The fraction of sp³-hybridized carbons (Fsp3) is 0.255. The maximum absolute atomic E-state index is 15.7. The number of aliphatic hydroxyl groups excluding tert-OH is 2. The third kappa shape index (κ3) is 8.84. The SMILES string of the molecule is Cc1ccc2c(N3CCN(C(C(=O)C(C(O)c4ccccc4)N4CCN(c5nc(-c6ccccc6O)nc6cc(C)ccc56)CC4)C(O)c4ccccc4)CC3)nc(-c3ccccc3O)nc2c1. The molecule has 0 radical (unpaired) electrons. The van der Waals surface area contributed by atoms with E-state index in [1.165, 1.54) is 0 Å². The van der Waals surface area contributed by atoms with Gasteiger partial charge in [-0.25, -0.2) is 19.9 Å². The lowest BCUT2D eigenvalue weighted by Crippen LogP contribution is -2.61. The summed E-state index contributed by atoms with van der Waals surface area (Å²) >= 11 is 0. The lowest BCUT2D eigenvalue weighted by molar-refractivity contribution is -0.139. The minimum absolute atomic E-state index is 0.0936. The third-order valence-electron chi connectivity index (χ3n) is 13.4. The molecule has 344 valence electrons. The van der Waals surface area contributed by atoms with Crippen LogP contribution in [0.25, 0.3) is 44.6 Å². The average Bonchev–Trinajstić information content (AvgIpc) is 3.37. The van der Waals surface area contributed by atoms with Crippen molar-refractivity contribution < 1.29 is 25.2 Å². The lowest BCUT2D eigenvalue weighted by Gasteiger charge is -2.45. The van der Waals surface area contributed by atoms with Crippen LogP contribution in [0.4, 0.5) is 11.6 Å². The summed E-state index contributed by atoms with van der Waals surface area (Å²) in [6.07, 6.45) is -2.39. The number of fused-ring (bicyclic) bond motifs is 2. The van der Waals surface area contributed by atoms with Gasteiger partial charge in [0.05, 0.1) is 22.2 Å². The Hall–Kier alpha value is -7.29. The second kappa shape index (κ2) is 19.1. The fourth-order valence-electron chi connectivity index (χ4n) is 9.83. The molecule has 13 nitrogen and oxygen atoms in total. The van der Waals surface area contributed by atoms with Crippen LogP contribution >= 0.6 is 0 Å². The van der Waals surface area contributed by atoms with Crippen molar-refractivity contribution in [3.8, 4) is 34.3 Å². The Morgan fingerprint density at radius 3 is 1.22 bits per heavy atom. The normalized spacial score (nSPS) is 16.7. The van der Waals surface area contributed by atoms with E-state index >= 15 is 4.79 Å². The molecule has 2 aliphatic heterocycles. The fourth-order valence-corrected chi connectivity index (χ4v) is 9.83. The van der Waals surface area contributed by atoms with Crippen molar-refractivity contribution in [3.63, 3.8) is 0 Å². The van der Waals surface area contributed by atoms with Crippen LogP contribution in [0.5, 0.6) is 11.5 Å². The van der Waals surface area contributed by atoms with Crippen LogP contribution in [-0.2, 0) is 4.79 Å². The molecular formula is C55H54N8O5. The van der Waals surface area contributed by atoms with Crippen LogP contribution in [0.3, 0.4) is 0 Å². The molecule has 68 heavy (non-hydrogen) atoms. The zero-order valence-electron chi connectivity index (χ0n) is 38.1. The first-order chi connectivity index (χ1) is 33.1. The smallest absolute Gasteiger partial charge is 0.173 e. The second-order valence-corrected chi connectivity index (χ2v) is 17.9. The number of anilines is 2. The van der Waals surface area contributed by atoms with Crippen molar-refractivity contribution in [2.24, 2.45) is 0 Å². The molecule has 2 aromatic heterocycles. The van der Waals surface area contributed by atoms with E-state index in [1.54, 1.807) is 24.3 Å². The number of aromatic nitrogens is 4. The average molecular weight is 907 g/mol. The van der Waals surface area contributed by atoms with Crippen molar-refractivity contribution in [2.75, 3.05) is 62.2 Å². The number of rotatable bonds is 12. The van der Waals surface area contributed by atoms with Crippen molar-refractivity contribution in [2.45, 2.75) is 38.1 Å². The van der Waals surface area contributed by atoms with Gasteiger partial charge in [-0.2, -0.15) is 0 Å². The summed E-state index contributed by atoms with van der Waals surface area (Å²) in [6, 6.07) is 42.9. The van der Waals surface area contributed by atoms with E-state index in [4.69, 9.17) is 19.9 Å². The maximum atomic E-state index is 15.7. The molecule has 4 heterocycles. The van der Waals surface area contributed by atoms with E-state index in [0.29, 0.717) is 86.3 Å². The molecule has 6 aromatic carbocycles. The largest absolute Gasteiger partial charge is 0.507 e. The summed E-state index contributed by atoms with van der Waals surface area (Å²) < 4.78 is 0. The van der Waals surface area contributed by atoms with Crippen LogP contribution in [0.1, 0.15) is 34.5 Å². The summed E-state index contributed by atoms with van der Waals surface area (Å²) in [7, 11) is 0. The Kier molecular flexibility index (Phi) is 12.5. The molecule has 10 rings (SSSR count). The topological polar surface area (TPSA) is 163 Å². The van der Waals surface area contributed by atoms with Crippen LogP contribution in [0.15, 0.2) is 146 Å². The van der Waals surface area contributed by atoms with Crippen LogP contribution in [-0.4, -0.2) is 120 Å². The van der Waals surface area contributed by atoms with Crippen molar-refractivity contribution in [1.29, 1.82) is 0 Å². The molecule has 13 heteroatoms. The molecule has 2 saturated heterocycles. The zero-order chi connectivity index (χ0) is 46.9. The van der Waals surface area contributed by atoms with E-state index in [0.717, 1.165) is 44.6 Å². The van der Waals surface area contributed by atoms with Crippen molar-refractivity contribution in [1.82, 2.24) is 29.7 Å². The highest BCUT2D eigenvalue weighted by molar-refractivity contribution is 5.94. The number of aromatic hydroxyl groups is 2. The van der Waals surface area contributed by atoms with Crippen LogP contribution < -0.4 is 9.80 Å². The molecule has 0 bridgehead atoms. The summed E-state index contributed by atoms with van der Waals surface area (Å²) in [5.74, 6) is 2.22. The first-order valence-electron chi connectivity index (χ1n) is 23.2. The van der Waals surface area contributed by atoms with Crippen molar-refractivity contribution >= 4 is 39.2 Å². The number of hydrogen-bond acceptors (Lipinski definition) is 13. The predicted octanol–water partition coefficient (Wildman–Crippen LogP) is 7.65. The van der Waals surface area contributed by atoms with E-state index in [2.05, 4.69) is 19.6 Å². The first kappa shape index (κ1) is 44.5. The van der Waals surface area contributed by atoms with Gasteiger partial charge in [-0.05, 0) is 84.6 Å². The van der Waals surface area contributed by atoms with Gasteiger partial charge in [-0.15, -0.1) is 0 Å². The van der Waals surface area contributed by atoms with Gasteiger partial charge in [0.2, 0.25) is 0 Å². The van der Waals surface area contributed by atoms with E-state index in [-0.39, 0.29) is 17.3 Å². The van der Waals surface area contributed by atoms with Gasteiger partial charge in [0.25, 0.3) is 0 Å². The molecule has 4 N–H and O–H groups in total. The molecule has 0 spiro atoms. The molecule has 0 aliphatic carbocycles. The summed E-state index contributed by atoms with van der Waals surface area (Å²) in [5.41, 5.74) is 5.93. The van der Waals surface area contributed by atoms with Gasteiger partial charge in [-0.1, -0.05) is 97.1 Å². The Labute approximate surface area is 395 Å². The van der Waals surface area contributed by atoms with E-state index in [9.17, 15) is 20.4 Å². The van der Waals surface area contributed by atoms with Gasteiger partial charge >= 0.3 is 0 Å². The van der Waals surface area contributed by atoms with Crippen LogP contribution in [0, 0.1) is 13.8 Å². The van der Waals surface area contributed by atoms with Crippen LogP contribution in [0.2, 0.25) is 0 Å². The minimum atomic E-state index is -1.19. The Morgan fingerprint density at radius 2 is 0.838 bits per heavy atom. The molecule has 2 fully saturated rings. The monoisotopic (exact) mass is 906 g/mol. The van der Waals surface area contributed by atoms with Crippen molar-refractivity contribution in [3.05, 3.63) is 168 Å². The van der Waals surface area contributed by atoms with E-state index < -0.39 is 24.3 Å². The molecule has 8 aromatic rings. The number of benzene rings is 6. The van der Waals surface area contributed by atoms with Gasteiger partial charge in [-0.3, -0.25) is 14.6 Å². The summed E-state index contributed by atoms with van der Waals surface area (Å²) in [4.78, 5) is 44.1. The Morgan fingerprint density at radius 1 is 0.471 bits per heavy atom. The van der Waals surface area contributed by atoms with Gasteiger partial charge in [0.1, 0.15) is 47.4 Å². The standard InChI is InChI=1S/C55H54N8O5/c1-35-21-23-39-43(33-35)56-52(41-17-9-11-19-45(41)64)58-54(39)62-29-25-60(26-30-62)47(49(66)37-13-5-3-6-14-37)51(68)48(50(67)38-15-7-4-8-16-38)61-27-31-63(32-28-61)55-40-24-22-36(2)34-44(40)57-53(59-55)42-18-10-12-20-46(42)65/h3-24,33-34,47-50,64-67H,25-32H2,1-2H3. The number of aliphatic hydroxyl groups is 2. The quantitative estimate of drug-likeness (QED) is 0.0947. The number of carbonyl (C=O) groups excluding carboxylic acids is 1. The highest BCUT2D eigenvalue weighted by Crippen LogP contribution is 2.37. The number of phenols is 2. The number of aryl methyl sites for hydroxylation is 2. The first-order valence-corrected chi connectivity index (χ1v) is 23.2. The van der Waals surface area contributed by atoms with Gasteiger partial charge < -0.3 is 30.2 Å². The molecule has 4 unspecified atom stereocenters. The highest BCUT2D eigenvalue weighted by atomic mass is 16.3. The number of ketones is 1. The second-order valence-electron chi connectivity index (χ2n) is 17.9. The van der Waals surface area contributed by atoms with Gasteiger partial charge in [0.15, 0.2) is 17.4 Å². The van der Waals surface area contributed by atoms with E-state index in [1.807, 2.05) is 135 Å². The molecule has 0 amide bonds. The minimum Gasteiger partial charge on any atom is -0.507 e. The maximum Gasteiger partial charge on any atom is 0.173 e. The number of piperazine rings is 2. The molecule has 0 saturated carbocycles. The molecule has 4 atom stereocenters. The highest BCUT2D eigenvalue weighted by Gasteiger charge is 2.45. The Bertz CT molecular complexity index is 2880. The lowest BCUT2D eigenvalue weighted by atomic mass is 9.87. The summed E-state index contributed by atoms with van der Waals surface area (Å²) in [5, 5.41) is 48.2. The summed E-state index contributed by atoms with van der Waals surface area (Å²) in [6.45, 7) is 7.69. The number of para-hydroxylation sites is 2. The number of hydrogen-bond donors (Lipinski definition) is 4. The zero-order valence-corrected chi connectivity index (χ0v) is 38.1. The third-order valence-corrected chi connectivity index (χ3v) is 13.4. The predicted molar refractivity (Wildman–Crippen MR) is 266 cm³/mol. The molecular weight excluding hydrogens is 853 g/mol. The number of nitrogens with zero attached hydrogens (tertiary/aromatic N) is 8.